The zero-order valence-corrected chi connectivity index (χ0v) is 12.3. The van der Waals surface area contributed by atoms with E-state index in [9.17, 15) is 4.79 Å². The molecule has 0 aliphatic rings. The summed E-state index contributed by atoms with van der Waals surface area (Å²) in [6, 6.07) is 15.9. The molecule has 112 valence electrons. The van der Waals surface area contributed by atoms with Gasteiger partial charge in [-0.3, -0.25) is 4.79 Å². The highest BCUT2D eigenvalue weighted by Crippen LogP contribution is 2.29. The molecule has 3 aromatic rings. The van der Waals surface area contributed by atoms with E-state index in [4.69, 9.17) is 9.47 Å². The molecular weight excluding hydrogens is 278 g/mol. The van der Waals surface area contributed by atoms with E-state index < -0.39 is 0 Å². The summed E-state index contributed by atoms with van der Waals surface area (Å²) < 4.78 is 10.9. The number of rotatable bonds is 6. The van der Waals surface area contributed by atoms with Gasteiger partial charge in [0.15, 0.2) is 0 Å². The van der Waals surface area contributed by atoms with Gasteiger partial charge in [-0.25, -0.2) is 0 Å². The van der Waals surface area contributed by atoms with E-state index in [-0.39, 0.29) is 6.10 Å². The van der Waals surface area contributed by atoms with Gasteiger partial charge in [-0.1, -0.05) is 30.3 Å². The van der Waals surface area contributed by atoms with Gasteiger partial charge in [0.2, 0.25) is 0 Å². The topological polar surface area (TPSA) is 51.3 Å². The molecule has 1 N–H and O–H groups in total. The Hall–Kier alpha value is -2.75. The van der Waals surface area contributed by atoms with Gasteiger partial charge in [0.05, 0.1) is 0 Å². The molecule has 4 nitrogen and oxygen atoms in total. The third-order valence-electron chi connectivity index (χ3n) is 3.63. The lowest BCUT2D eigenvalue weighted by Gasteiger charge is -2.10. The molecule has 1 heterocycles. The number of carbonyl (C=O) groups excluding carboxylic acids is 1. The predicted octanol–water partition coefficient (Wildman–Crippen LogP) is 3.98. The Morgan fingerprint density at radius 2 is 2.00 bits per heavy atom. The van der Waals surface area contributed by atoms with Gasteiger partial charge in [0.1, 0.15) is 18.5 Å². The highest BCUT2D eigenvalue weighted by molar-refractivity contribution is 5.85. The third kappa shape index (κ3) is 2.96. The highest BCUT2D eigenvalue weighted by Gasteiger charge is 2.12. The van der Waals surface area contributed by atoms with Crippen LogP contribution < -0.4 is 4.74 Å². The van der Waals surface area contributed by atoms with Gasteiger partial charge >= 0.3 is 0 Å². The molecule has 0 spiro atoms. The van der Waals surface area contributed by atoms with Crippen LogP contribution in [0.3, 0.4) is 0 Å². The SMILES string of the molecule is CC(OC=O)c1c[nH]c2ccc(OCc3ccccc3)cc12. The molecule has 2 aromatic carbocycles. The average molecular weight is 295 g/mol. The van der Waals surface area contributed by atoms with Crippen LogP contribution in [0.1, 0.15) is 24.2 Å². The van der Waals surface area contributed by atoms with E-state index in [1.54, 1.807) is 0 Å². The standard InChI is InChI=1S/C18H17NO3/c1-13(22-12-20)17-10-19-18-8-7-15(9-16(17)18)21-11-14-5-3-2-4-6-14/h2-10,12-13,19H,11H2,1H3. The first-order valence-electron chi connectivity index (χ1n) is 7.15. The number of fused-ring (bicyclic) bond motifs is 1. The Morgan fingerprint density at radius 3 is 2.77 bits per heavy atom. The van der Waals surface area contributed by atoms with E-state index >= 15 is 0 Å². The molecule has 1 atom stereocenters. The van der Waals surface area contributed by atoms with Crippen LogP contribution in [0.15, 0.2) is 54.7 Å². The second-order valence-electron chi connectivity index (χ2n) is 5.10. The Balaban J connectivity index is 1.82. The maximum atomic E-state index is 10.5. The van der Waals surface area contributed by atoms with Gasteiger partial charge < -0.3 is 14.5 Å². The number of ether oxygens (including phenoxy) is 2. The number of hydrogen-bond acceptors (Lipinski definition) is 3. The fourth-order valence-electron chi connectivity index (χ4n) is 2.44. The number of H-pyrrole nitrogens is 1. The van der Waals surface area contributed by atoms with Crippen molar-refractivity contribution >= 4 is 17.4 Å². The van der Waals surface area contributed by atoms with Crippen LogP contribution >= 0.6 is 0 Å². The summed E-state index contributed by atoms with van der Waals surface area (Å²) in [5.41, 5.74) is 3.05. The number of hydrogen-bond donors (Lipinski definition) is 1. The normalized spacial score (nSPS) is 12.0. The lowest BCUT2D eigenvalue weighted by atomic mass is 10.1. The van der Waals surface area contributed by atoms with E-state index in [2.05, 4.69) is 4.98 Å². The molecule has 0 bridgehead atoms. The molecule has 1 unspecified atom stereocenters. The number of carbonyl (C=O) groups is 1. The Kier molecular flexibility index (Phi) is 4.10. The van der Waals surface area contributed by atoms with E-state index in [1.165, 1.54) is 0 Å². The summed E-state index contributed by atoms with van der Waals surface area (Å²) in [7, 11) is 0. The quantitative estimate of drug-likeness (QED) is 0.700. The van der Waals surface area contributed by atoms with Crippen molar-refractivity contribution in [3.63, 3.8) is 0 Å². The summed E-state index contributed by atoms with van der Waals surface area (Å²) in [4.78, 5) is 13.7. The summed E-state index contributed by atoms with van der Waals surface area (Å²) in [5.74, 6) is 0.788. The smallest absolute Gasteiger partial charge is 0.293 e. The van der Waals surface area contributed by atoms with Crippen LogP contribution in [0.4, 0.5) is 0 Å². The molecular formula is C18H17NO3. The highest BCUT2D eigenvalue weighted by atomic mass is 16.5. The fraction of sp³-hybridized carbons (Fsp3) is 0.167. The minimum absolute atomic E-state index is 0.296. The number of benzene rings is 2. The van der Waals surface area contributed by atoms with Crippen molar-refractivity contribution in [2.75, 3.05) is 0 Å². The molecule has 1 aromatic heterocycles. The first-order chi connectivity index (χ1) is 10.8. The second-order valence-corrected chi connectivity index (χ2v) is 5.10. The second kappa shape index (κ2) is 6.35. The fourth-order valence-corrected chi connectivity index (χ4v) is 2.44. The Morgan fingerprint density at radius 1 is 1.18 bits per heavy atom. The van der Waals surface area contributed by atoms with Gasteiger partial charge in [-0.2, -0.15) is 0 Å². The molecule has 0 fully saturated rings. The molecule has 0 aliphatic heterocycles. The molecule has 3 rings (SSSR count). The molecule has 0 aliphatic carbocycles. The lowest BCUT2D eigenvalue weighted by molar-refractivity contribution is -0.133. The van der Waals surface area contributed by atoms with Gasteiger partial charge in [0.25, 0.3) is 6.47 Å². The molecule has 0 saturated carbocycles. The van der Waals surface area contributed by atoms with Gasteiger partial charge in [0, 0.05) is 22.7 Å². The van der Waals surface area contributed by atoms with Crippen LogP contribution in [0, 0.1) is 0 Å². The first kappa shape index (κ1) is 14.2. The maximum absolute atomic E-state index is 10.5. The predicted molar refractivity (Wildman–Crippen MR) is 84.6 cm³/mol. The van der Waals surface area contributed by atoms with Crippen molar-refractivity contribution in [2.45, 2.75) is 19.6 Å². The van der Waals surface area contributed by atoms with Crippen molar-refractivity contribution in [3.8, 4) is 5.75 Å². The zero-order valence-electron chi connectivity index (χ0n) is 12.3. The molecule has 4 heteroatoms. The van der Waals surface area contributed by atoms with Gasteiger partial charge in [-0.05, 0) is 30.7 Å². The summed E-state index contributed by atoms with van der Waals surface area (Å²) in [5, 5.41) is 1.000. The summed E-state index contributed by atoms with van der Waals surface area (Å²) >= 11 is 0. The van der Waals surface area contributed by atoms with Crippen LogP contribution in [0.5, 0.6) is 5.75 Å². The summed E-state index contributed by atoms with van der Waals surface area (Å²) in [6.07, 6.45) is 1.57. The third-order valence-corrected chi connectivity index (χ3v) is 3.63. The monoisotopic (exact) mass is 295 g/mol. The maximum Gasteiger partial charge on any atom is 0.293 e. The van der Waals surface area contributed by atoms with Crippen molar-refractivity contribution in [1.29, 1.82) is 0 Å². The first-order valence-corrected chi connectivity index (χ1v) is 7.15. The minimum atomic E-state index is -0.296. The largest absolute Gasteiger partial charge is 0.489 e. The van der Waals surface area contributed by atoms with Crippen LogP contribution in [-0.4, -0.2) is 11.5 Å². The van der Waals surface area contributed by atoms with E-state index in [0.29, 0.717) is 13.1 Å². The molecule has 0 saturated heterocycles. The van der Waals surface area contributed by atoms with E-state index in [1.807, 2.05) is 61.7 Å². The van der Waals surface area contributed by atoms with Crippen molar-refractivity contribution in [1.82, 2.24) is 4.98 Å². The minimum Gasteiger partial charge on any atom is -0.489 e. The molecule has 0 radical (unpaired) electrons. The Bertz CT molecular complexity index is 764. The lowest BCUT2D eigenvalue weighted by Crippen LogP contribution is -1.97. The van der Waals surface area contributed by atoms with Crippen LogP contribution in [0.2, 0.25) is 0 Å². The van der Waals surface area contributed by atoms with Crippen molar-refractivity contribution in [3.05, 3.63) is 65.9 Å². The number of nitrogens with one attached hydrogen (secondary N) is 1. The average Bonchev–Trinajstić information content (AvgIpc) is 2.97. The van der Waals surface area contributed by atoms with E-state index in [0.717, 1.165) is 27.8 Å². The zero-order chi connectivity index (χ0) is 15.4. The van der Waals surface area contributed by atoms with Crippen LogP contribution in [-0.2, 0) is 16.1 Å². The molecule has 0 amide bonds. The Labute approximate surface area is 128 Å². The number of aromatic amines is 1. The molecule has 22 heavy (non-hydrogen) atoms. The van der Waals surface area contributed by atoms with Crippen molar-refractivity contribution < 1.29 is 14.3 Å². The van der Waals surface area contributed by atoms with Crippen molar-refractivity contribution in [2.24, 2.45) is 0 Å². The van der Waals surface area contributed by atoms with Crippen LogP contribution in [0.25, 0.3) is 10.9 Å². The summed E-state index contributed by atoms with van der Waals surface area (Å²) in [6.45, 7) is 2.83. The number of aromatic nitrogens is 1. The van der Waals surface area contributed by atoms with Gasteiger partial charge in [-0.15, -0.1) is 0 Å².